The van der Waals surface area contributed by atoms with Crippen LogP contribution in [0.3, 0.4) is 0 Å². The molecule has 0 spiro atoms. The van der Waals surface area contributed by atoms with Crippen molar-refractivity contribution in [2.75, 3.05) is 14.2 Å². The molecular weight excluding hydrogens is 103 g/mol. The molecule has 0 rings (SSSR count). The van der Waals surface area contributed by atoms with E-state index in [1.165, 1.54) is 14.2 Å². The minimum Gasteiger partial charge on any atom is -0.335 e. The lowest BCUT2D eigenvalue weighted by Gasteiger charge is -1.97. The van der Waals surface area contributed by atoms with E-state index in [1.54, 1.807) is 0 Å². The lowest BCUT2D eigenvalue weighted by atomic mass is 11.3. The Morgan fingerprint density at radius 3 is 1.67 bits per heavy atom. The molecule has 37 valence electrons. The van der Waals surface area contributed by atoms with E-state index in [-0.39, 0.29) is 5.75 Å². The van der Waals surface area contributed by atoms with Gasteiger partial charge in [0.15, 0.2) is 0 Å². The first-order valence-electron chi connectivity index (χ1n) is 1.41. The summed E-state index contributed by atoms with van der Waals surface area (Å²) in [4.78, 5) is 0. The summed E-state index contributed by atoms with van der Waals surface area (Å²) in [5.41, 5.74) is 0. The van der Waals surface area contributed by atoms with E-state index in [2.05, 4.69) is 9.47 Å². The molecule has 0 amide bonds. The van der Waals surface area contributed by atoms with Crippen molar-refractivity contribution in [2.45, 2.75) is 0 Å². The van der Waals surface area contributed by atoms with Gasteiger partial charge in [-0.05, 0) is 11.6 Å². The molecule has 0 unspecified atom stereocenters. The highest BCUT2D eigenvalue weighted by molar-refractivity contribution is 6.24. The quantitative estimate of drug-likeness (QED) is 0.526. The van der Waals surface area contributed by atoms with Crippen molar-refractivity contribution in [3.05, 3.63) is 5.75 Å². The fourth-order valence-electron chi connectivity index (χ4n) is 0.0833. The standard InChI is InChI=1S/C3H6ClO2/c1-5-3(4)6-2/h1-2H3. The summed E-state index contributed by atoms with van der Waals surface area (Å²) in [5, 5.41) is 0. The van der Waals surface area contributed by atoms with Gasteiger partial charge < -0.3 is 9.47 Å². The fourth-order valence-corrected chi connectivity index (χ4v) is 0.0833. The lowest BCUT2D eigenvalue weighted by Crippen LogP contribution is -1.90. The summed E-state index contributed by atoms with van der Waals surface area (Å²) in [6.07, 6.45) is 0. The topological polar surface area (TPSA) is 18.5 Å². The zero-order valence-corrected chi connectivity index (χ0v) is 4.45. The number of rotatable bonds is 2. The van der Waals surface area contributed by atoms with Gasteiger partial charge in [-0.25, -0.2) is 0 Å². The Hall–Kier alpha value is 0.210. The molecule has 0 aliphatic rings. The van der Waals surface area contributed by atoms with E-state index in [0.29, 0.717) is 0 Å². The number of hydrogen-bond acceptors (Lipinski definition) is 2. The van der Waals surface area contributed by atoms with Gasteiger partial charge in [-0.3, -0.25) is 0 Å². The van der Waals surface area contributed by atoms with Crippen LogP contribution in [0.1, 0.15) is 0 Å². The van der Waals surface area contributed by atoms with Gasteiger partial charge >= 0.3 is 5.75 Å². The minimum atomic E-state index is 0.0648. The molecule has 0 fully saturated rings. The van der Waals surface area contributed by atoms with Crippen LogP contribution in [0.25, 0.3) is 0 Å². The summed E-state index contributed by atoms with van der Waals surface area (Å²) in [5.74, 6) is 0.0648. The molecule has 0 aromatic heterocycles. The van der Waals surface area contributed by atoms with Crippen molar-refractivity contribution in [2.24, 2.45) is 0 Å². The Labute approximate surface area is 42.0 Å². The van der Waals surface area contributed by atoms with Crippen LogP contribution in [0, 0.1) is 5.75 Å². The van der Waals surface area contributed by atoms with Crippen molar-refractivity contribution in [1.82, 2.24) is 0 Å². The van der Waals surface area contributed by atoms with E-state index in [0.717, 1.165) is 0 Å². The van der Waals surface area contributed by atoms with Crippen LogP contribution in [0.15, 0.2) is 0 Å². The predicted molar refractivity (Wildman–Crippen MR) is 23.1 cm³/mol. The summed E-state index contributed by atoms with van der Waals surface area (Å²) < 4.78 is 8.72. The van der Waals surface area contributed by atoms with Gasteiger partial charge in [-0.2, -0.15) is 0 Å². The van der Waals surface area contributed by atoms with Crippen LogP contribution in [-0.4, -0.2) is 14.2 Å². The van der Waals surface area contributed by atoms with Crippen molar-refractivity contribution >= 4 is 11.6 Å². The van der Waals surface area contributed by atoms with Crippen molar-refractivity contribution < 1.29 is 9.47 Å². The lowest BCUT2D eigenvalue weighted by molar-refractivity contribution is 0.0529. The zero-order chi connectivity index (χ0) is 4.99. The van der Waals surface area contributed by atoms with Gasteiger partial charge in [0, 0.05) is 14.2 Å². The molecule has 2 nitrogen and oxygen atoms in total. The highest BCUT2D eigenvalue weighted by Gasteiger charge is 1.95. The molecular formula is C3H6ClO2. The smallest absolute Gasteiger partial charge is 0.320 e. The van der Waals surface area contributed by atoms with E-state index in [9.17, 15) is 0 Å². The van der Waals surface area contributed by atoms with Crippen molar-refractivity contribution in [3.8, 4) is 0 Å². The molecule has 0 aromatic carbocycles. The second-order valence-electron chi connectivity index (χ2n) is 0.646. The Bertz CT molecular complexity index is 28.0. The average Bonchev–Trinajstić information content (AvgIpc) is 1.65. The maximum Gasteiger partial charge on any atom is 0.320 e. The Kier molecular flexibility index (Phi) is 3.52. The molecule has 0 saturated carbocycles. The molecule has 0 aromatic rings. The number of hydrogen-bond donors (Lipinski definition) is 0. The molecule has 0 heterocycles. The van der Waals surface area contributed by atoms with Crippen LogP contribution in [0.5, 0.6) is 0 Å². The van der Waals surface area contributed by atoms with Gasteiger partial charge in [0.2, 0.25) is 0 Å². The number of halogens is 1. The third kappa shape index (κ3) is 2.45. The van der Waals surface area contributed by atoms with Crippen LogP contribution >= 0.6 is 11.6 Å². The number of ether oxygens (including phenoxy) is 2. The summed E-state index contributed by atoms with van der Waals surface area (Å²) in [6.45, 7) is 0. The van der Waals surface area contributed by atoms with Gasteiger partial charge in [-0.1, -0.05) is 0 Å². The average molecular weight is 110 g/mol. The van der Waals surface area contributed by atoms with E-state index >= 15 is 0 Å². The zero-order valence-electron chi connectivity index (χ0n) is 3.69. The molecule has 0 N–H and O–H groups in total. The second-order valence-corrected chi connectivity index (χ2v) is 0.954. The van der Waals surface area contributed by atoms with Crippen molar-refractivity contribution in [1.29, 1.82) is 0 Å². The molecule has 0 atom stereocenters. The maximum atomic E-state index is 5.12. The normalized spacial score (nSPS) is 10.0. The van der Waals surface area contributed by atoms with E-state index in [4.69, 9.17) is 11.6 Å². The van der Waals surface area contributed by atoms with Crippen molar-refractivity contribution in [3.63, 3.8) is 0 Å². The number of methoxy groups -OCH3 is 2. The first kappa shape index (κ1) is 6.21. The molecule has 0 aliphatic carbocycles. The molecule has 0 saturated heterocycles. The third-order valence-electron chi connectivity index (χ3n) is 0.321. The predicted octanol–water partition coefficient (Wildman–Crippen LogP) is 0.965. The highest BCUT2D eigenvalue weighted by atomic mass is 35.5. The summed E-state index contributed by atoms with van der Waals surface area (Å²) >= 11 is 5.12. The van der Waals surface area contributed by atoms with Crippen LogP contribution in [0.4, 0.5) is 0 Å². The molecule has 3 heteroatoms. The Balaban J connectivity index is 2.75. The first-order chi connectivity index (χ1) is 2.81. The van der Waals surface area contributed by atoms with E-state index in [1.807, 2.05) is 0 Å². The van der Waals surface area contributed by atoms with Crippen LogP contribution in [-0.2, 0) is 9.47 Å². The summed E-state index contributed by atoms with van der Waals surface area (Å²) in [6, 6.07) is 0. The molecule has 0 aliphatic heterocycles. The first-order valence-corrected chi connectivity index (χ1v) is 1.79. The molecule has 1 radical (unpaired) electrons. The van der Waals surface area contributed by atoms with Gasteiger partial charge in [0.05, 0.1) is 0 Å². The SMILES string of the molecule is CO[C](Cl)OC. The van der Waals surface area contributed by atoms with Gasteiger partial charge in [0.1, 0.15) is 0 Å². The van der Waals surface area contributed by atoms with E-state index < -0.39 is 0 Å². The van der Waals surface area contributed by atoms with Gasteiger partial charge in [0.25, 0.3) is 0 Å². The molecule has 0 bridgehead atoms. The molecule has 6 heavy (non-hydrogen) atoms. The fraction of sp³-hybridized carbons (Fsp3) is 0.667. The largest absolute Gasteiger partial charge is 0.335 e. The monoisotopic (exact) mass is 109 g/mol. The van der Waals surface area contributed by atoms with Gasteiger partial charge in [-0.15, -0.1) is 0 Å². The maximum absolute atomic E-state index is 5.12. The second kappa shape index (κ2) is 3.40. The Morgan fingerprint density at radius 2 is 1.67 bits per heavy atom. The minimum absolute atomic E-state index is 0.0648. The van der Waals surface area contributed by atoms with Crippen LogP contribution < -0.4 is 0 Å². The highest BCUT2D eigenvalue weighted by Crippen LogP contribution is 2.04. The summed E-state index contributed by atoms with van der Waals surface area (Å²) in [7, 11) is 2.87. The van der Waals surface area contributed by atoms with Crippen LogP contribution in [0.2, 0.25) is 0 Å². The third-order valence-corrected chi connectivity index (χ3v) is 0.630. The Morgan fingerprint density at radius 1 is 1.33 bits per heavy atom.